The van der Waals surface area contributed by atoms with Gasteiger partial charge in [-0.1, -0.05) is 60.7 Å². The number of nitrogens with zero attached hydrogens (tertiary/aromatic N) is 5. The molecule has 54 heavy (non-hydrogen) atoms. The Morgan fingerprint density at radius 3 is 1.57 bits per heavy atom. The summed E-state index contributed by atoms with van der Waals surface area (Å²) < 4.78 is 82.5. The molecule has 0 spiro atoms. The SMILES string of the molecule is N#Cc1ccc(-c2nc3ccc4c(-c5cccc(-c6cc(C(F)(F)F)cc(C(F)(F)F)c6)c5)nc5ccccc5c4c3nc2-c2ccc(C#N)cc2)cc1. The molecule has 8 rings (SSSR count). The Hall–Kier alpha value is -7.11. The van der Waals surface area contributed by atoms with Crippen LogP contribution in [0.5, 0.6) is 0 Å². The number of aromatic nitrogens is 3. The molecule has 0 N–H and O–H groups in total. The number of pyridine rings is 1. The minimum absolute atomic E-state index is 0.108. The lowest BCUT2D eigenvalue weighted by Gasteiger charge is -2.16. The standard InChI is InChI=1S/C43H21F6N5/c44-42(45,46)31-19-30(20-32(21-31)43(47,48)49)28-4-3-5-29(18-28)38-34-16-17-36-41(37(34)33-6-1-2-7-35(33)52-38)54-40(27-14-10-25(23-51)11-15-27)39(53-36)26-12-8-24(22-50)9-13-26/h1-21H. The largest absolute Gasteiger partial charge is 0.416 e. The van der Waals surface area contributed by atoms with Crippen molar-refractivity contribution in [2.45, 2.75) is 12.4 Å². The lowest BCUT2D eigenvalue weighted by Crippen LogP contribution is -2.11. The molecule has 0 unspecified atom stereocenters. The van der Waals surface area contributed by atoms with Gasteiger partial charge in [0.05, 0.1) is 68.0 Å². The first kappa shape index (κ1) is 34.0. The second kappa shape index (κ2) is 12.8. The van der Waals surface area contributed by atoms with Crippen LogP contribution in [0, 0.1) is 22.7 Å². The summed E-state index contributed by atoms with van der Waals surface area (Å²) in [4.78, 5) is 15.2. The van der Waals surface area contributed by atoms with Gasteiger partial charge < -0.3 is 0 Å². The van der Waals surface area contributed by atoms with E-state index in [0.717, 1.165) is 5.39 Å². The molecule has 5 nitrogen and oxygen atoms in total. The molecule has 0 aliphatic rings. The lowest BCUT2D eigenvalue weighted by atomic mass is 9.94. The maximum atomic E-state index is 13.8. The maximum Gasteiger partial charge on any atom is 0.416 e. The van der Waals surface area contributed by atoms with E-state index in [0.29, 0.717) is 84.4 Å². The maximum absolute atomic E-state index is 13.8. The molecule has 11 heteroatoms. The van der Waals surface area contributed by atoms with Gasteiger partial charge in [-0.15, -0.1) is 0 Å². The molecule has 0 bridgehead atoms. The molecule has 6 aromatic carbocycles. The quantitative estimate of drug-likeness (QED) is 0.133. The number of hydrogen-bond acceptors (Lipinski definition) is 5. The summed E-state index contributed by atoms with van der Waals surface area (Å²) >= 11 is 0. The molecule has 0 fully saturated rings. The number of hydrogen-bond donors (Lipinski definition) is 0. The van der Waals surface area contributed by atoms with Gasteiger partial charge in [-0.25, -0.2) is 15.0 Å². The third-order valence-corrected chi connectivity index (χ3v) is 9.13. The van der Waals surface area contributed by atoms with Crippen LogP contribution in [-0.2, 0) is 12.4 Å². The molecule has 260 valence electrons. The summed E-state index contributed by atoms with van der Waals surface area (Å²) in [7, 11) is 0. The molecular weight excluding hydrogens is 700 g/mol. The predicted molar refractivity (Wildman–Crippen MR) is 194 cm³/mol. The number of fused-ring (bicyclic) bond motifs is 5. The van der Waals surface area contributed by atoms with E-state index in [1.54, 1.807) is 66.7 Å². The van der Waals surface area contributed by atoms with Crippen LogP contribution in [0.15, 0.2) is 127 Å². The van der Waals surface area contributed by atoms with Crippen LogP contribution in [0.2, 0.25) is 0 Å². The van der Waals surface area contributed by atoms with Gasteiger partial charge >= 0.3 is 12.4 Å². The third-order valence-electron chi connectivity index (χ3n) is 9.13. The third kappa shape index (κ3) is 6.12. The van der Waals surface area contributed by atoms with Gasteiger partial charge in [0.15, 0.2) is 0 Å². The highest BCUT2D eigenvalue weighted by molar-refractivity contribution is 6.21. The number of halogens is 6. The van der Waals surface area contributed by atoms with Crippen molar-refractivity contribution in [3.05, 3.63) is 150 Å². The van der Waals surface area contributed by atoms with Crippen molar-refractivity contribution in [1.82, 2.24) is 15.0 Å². The predicted octanol–water partition coefficient (Wildman–Crippen LogP) is 11.8. The highest BCUT2D eigenvalue weighted by atomic mass is 19.4. The van der Waals surface area contributed by atoms with E-state index in [2.05, 4.69) is 12.1 Å². The highest BCUT2D eigenvalue weighted by Crippen LogP contribution is 2.42. The molecule has 2 aromatic heterocycles. The smallest absolute Gasteiger partial charge is 0.247 e. The van der Waals surface area contributed by atoms with Crippen LogP contribution in [0.25, 0.3) is 77.6 Å². The van der Waals surface area contributed by atoms with E-state index < -0.39 is 23.5 Å². The van der Waals surface area contributed by atoms with E-state index in [-0.39, 0.29) is 17.2 Å². The first-order valence-corrected chi connectivity index (χ1v) is 16.4. The van der Waals surface area contributed by atoms with Gasteiger partial charge in [-0.2, -0.15) is 36.9 Å². The molecule has 8 aromatic rings. The second-order valence-corrected chi connectivity index (χ2v) is 12.5. The monoisotopic (exact) mass is 721 g/mol. The Balaban J connectivity index is 1.39. The normalized spacial score (nSPS) is 11.9. The summed E-state index contributed by atoms with van der Waals surface area (Å²) in [5.74, 6) is 0. The lowest BCUT2D eigenvalue weighted by molar-refractivity contribution is -0.143. The second-order valence-electron chi connectivity index (χ2n) is 12.5. The van der Waals surface area contributed by atoms with E-state index in [9.17, 15) is 36.9 Å². The van der Waals surface area contributed by atoms with Crippen molar-refractivity contribution in [1.29, 1.82) is 10.5 Å². The van der Waals surface area contributed by atoms with Gasteiger partial charge in [0.2, 0.25) is 0 Å². The number of benzene rings is 6. The summed E-state index contributed by atoms with van der Waals surface area (Å²) in [6.07, 6.45) is -10.00. The van der Waals surface area contributed by atoms with Crippen LogP contribution in [0.3, 0.4) is 0 Å². The zero-order valence-corrected chi connectivity index (χ0v) is 27.6. The van der Waals surface area contributed by atoms with Crippen molar-refractivity contribution >= 4 is 32.7 Å². The Morgan fingerprint density at radius 2 is 0.981 bits per heavy atom. The fraction of sp³-hybridized carbons (Fsp3) is 0.0465. The fourth-order valence-electron chi connectivity index (χ4n) is 6.55. The average Bonchev–Trinajstić information content (AvgIpc) is 3.19. The van der Waals surface area contributed by atoms with Crippen LogP contribution < -0.4 is 0 Å². The Labute approximate surface area is 303 Å². The summed E-state index contributed by atoms with van der Waals surface area (Å²) in [5.41, 5.74) is 3.01. The molecule has 0 saturated heterocycles. The minimum Gasteiger partial charge on any atom is -0.247 e. The van der Waals surface area contributed by atoms with Crippen molar-refractivity contribution in [3.63, 3.8) is 0 Å². The molecule has 0 radical (unpaired) electrons. The van der Waals surface area contributed by atoms with E-state index >= 15 is 0 Å². The molecule has 0 aliphatic heterocycles. The Kier molecular flexibility index (Phi) is 8.08. The van der Waals surface area contributed by atoms with Gasteiger partial charge in [0, 0.05) is 32.8 Å². The fourth-order valence-corrected chi connectivity index (χ4v) is 6.55. The van der Waals surface area contributed by atoms with Gasteiger partial charge in [-0.05, 0) is 77.9 Å². The first-order chi connectivity index (χ1) is 25.9. The van der Waals surface area contributed by atoms with Crippen molar-refractivity contribution in [3.8, 4) is 57.0 Å². The van der Waals surface area contributed by atoms with Crippen LogP contribution in [0.1, 0.15) is 22.3 Å². The van der Waals surface area contributed by atoms with Crippen LogP contribution in [0.4, 0.5) is 26.3 Å². The Bertz CT molecular complexity index is 2830. The molecule has 0 aliphatic carbocycles. The number of nitriles is 2. The minimum atomic E-state index is -5.00. The highest BCUT2D eigenvalue weighted by Gasteiger charge is 2.37. The van der Waals surface area contributed by atoms with Gasteiger partial charge in [0.25, 0.3) is 0 Å². The Morgan fingerprint density at radius 1 is 0.426 bits per heavy atom. The number of para-hydroxylation sites is 1. The van der Waals surface area contributed by atoms with Crippen LogP contribution >= 0.6 is 0 Å². The van der Waals surface area contributed by atoms with Gasteiger partial charge in [0.1, 0.15) is 0 Å². The zero-order chi connectivity index (χ0) is 37.8. The molecule has 2 heterocycles. The molecular formula is C43H21F6N5. The van der Waals surface area contributed by atoms with Crippen LogP contribution in [-0.4, -0.2) is 15.0 Å². The first-order valence-electron chi connectivity index (χ1n) is 16.4. The van der Waals surface area contributed by atoms with E-state index in [1.807, 2.05) is 30.3 Å². The van der Waals surface area contributed by atoms with E-state index in [1.165, 1.54) is 12.1 Å². The van der Waals surface area contributed by atoms with Crippen molar-refractivity contribution in [2.75, 3.05) is 0 Å². The summed E-state index contributed by atoms with van der Waals surface area (Å²) in [5, 5.41) is 20.9. The van der Waals surface area contributed by atoms with Crippen molar-refractivity contribution in [2.24, 2.45) is 0 Å². The zero-order valence-electron chi connectivity index (χ0n) is 27.6. The summed E-state index contributed by atoms with van der Waals surface area (Å²) in [6.45, 7) is 0. The number of rotatable bonds is 4. The van der Waals surface area contributed by atoms with Gasteiger partial charge in [-0.3, -0.25) is 0 Å². The molecule has 0 saturated carbocycles. The average molecular weight is 722 g/mol. The topological polar surface area (TPSA) is 86.2 Å². The van der Waals surface area contributed by atoms with Crippen molar-refractivity contribution < 1.29 is 26.3 Å². The summed E-state index contributed by atoms with van der Waals surface area (Å²) in [6, 6.07) is 36.8. The molecule has 0 atom stereocenters. The molecule has 0 amide bonds. The van der Waals surface area contributed by atoms with E-state index in [4.69, 9.17) is 15.0 Å². The number of alkyl halides is 6.